The van der Waals surface area contributed by atoms with Gasteiger partial charge < -0.3 is 14.8 Å². The van der Waals surface area contributed by atoms with Gasteiger partial charge in [0, 0.05) is 29.7 Å². The standard InChI is InChI=1S/C24H25FN2O4.C2H6/c1-12-14-6-5-7-15-13(2)22(26-19(21(14)15)9-18(12)25)20-8-17(24(3,30)11-28)16(10-31-4)23(29)27-20;1-2/h8-9,11,30H,5-7,10H2,1-4H3,(H,27,29);1-2H3/t24-;/m1./s1. The number of aldehydes is 1. The number of aromatic amines is 1. The van der Waals surface area contributed by atoms with E-state index in [9.17, 15) is 19.1 Å². The van der Waals surface area contributed by atoms with Crippen molar-refractivity contribution in [1.29, 1.82) is 0 Å². The van der Waals surface area contributed by atoms with E-state index in [1.807, 2.05) is 20.8 Å². The topological polar surface area (TPSA) is 92.3 Å². The highest BCUT2D eigenvalue weighted by atomic mass is 19.1. The number of rotatable bonds is 5. The lowest BCUT2D eigenvalue weighted by atomic mass is 9.84. The average molecular weight is 455 g/mol. The largest absolute Gasteiger partial charge is 0.380 e. The highest BCUT2D eigenvalue weighted by Crippen LogP contribution is 2.38. The van der Waals surface area contributed by atoms with Crippen molar-refractivity contribution >= 4 is 17.2 Å². The SMILES string of the molecule is CC.COCc1c([C@](C)(O)C=O)cc(-c2nc3cc(F)c(C)c4c3c(c2C)CCC4)[nH]c1=O. The third-order valence-corrected chi connectivity index (χ3v) is 6.28. The van der Waals surface area contributed by atoms with Crippen LogP contribution in [-0.4, -0.2) is 28.5 Å². The van der Waals surface area contributed by atoms with Crippen molar-refractivity contribution in [1.82, 2.24) is 9.97 Å². The number of H-pyrrole nitrogens is 1. The highest BCUT2D eigenvalue weighted by Gasteiger charge is 2.29. The van der Waals surface area contributed by atoms with Gasteiger partial charge in [0.25, 0.3) is 5.56 Å². The number of aromatic nitrogens is 2. The number of aliphatic hydroxyl groups is 1. The average Bonchev–Trinajstić information content (AvgIpc) is 2.81. The van der Waals surface area contributed by atoms with Gasteiger partial charge in [-0.3, -0.25) is 9.59 Å². The first-order chi connectivity index (χ1) is 15.7. The lowest BCUT2D eigenvalue weighted by Gasteiger charge is -2.24. The molecule has 0 saturated carbocycles. The van der Waals surface area contributed by atoms with Crippen LogP contribution in [0.4, 0.5) is 4.39 Å². The molecule has 0 saturated heterocycles. The second-order valence-electron chi connectivity index (χ2n) is 8.38. The zero-order chi connectivity index (χ0) is 24.5. The Bertz CT molecular complexity index is 1280. The van der Waals surface area contributed by atoms with Crippen LogP contribution in [-0.2, 0) is 34.6 Å². The Kier molecular flexibility index (Phi) is 7.14. The van der Waals surface area contributed by atoms with Crippen LogP contribution in [0.25, 0.3) is 22.3 Å². The first kappa shape index (κ1) is 24.7. The second-order valence-corrected chi connectivity index (χ2v) is 8.38. The van der Waals surface area contributed by atoms with Crippen molar-refractivity contribution in [3.05, 3.63) is 61.7 Å². The van der Waals surface area contributed by atoms with Crippen LogP contribution in [0.1, 0.15) is 60.6 Å². The summed E-state index contributed by atoms with van der Waals surface area (Å²) >= 11 is 0. The smallest absolute Gasteiger partial charge is 0.254 e. The Morgan fingerprint density at radius 2 is 1.85 bits per heavy atom. The molecule has 1 aliphatic rings. The fraction of sp³-hybridized carbons (Fsp3) is 0.423. The summed E-state index contributed by atoms with van der Waals surface area (Å²) in [5, 5.41) is 11.6. The number of ether oxygens (including phenoxy) is 1. The molecular formula is C26H31FN2O4. The molecule has 33 heavy (non-hydrogen) atoms. The molecule has 4 rings (SSSR count). The number of pyridine rings is 2. The molecule has 2 heterocycles. The summed E-state index contributed by atoms with van der Waals surface area (Å²) in [5.41, 5.74) is 3.04. The normalized spacial score (nSPS) is 14.4. The number of carbonyl (C=O) groups is 1. The number of benzene rings is 1. The first-order valence-electron chi connectivity index (χ1n) is 11.3. The van der Waals surface area contributed by atoms with E-state index in [1.54, 1.807) is 13.0 Å². The van der Waals surface area contributed by atoms with Crippen molar-refractivity contribution in [2.45, 2.75) is 66.1 Å². The van der Waals surface area contributed by atoms with Crippen LogP contribution in [0.15, 0.2) is 16.9 Å². The molecule has 176 valence electrons. The molecule has 3 aromatic rings. The van der Waals surface area contributed by atoms with Crippen LogP contribution in [0.5, 0.6) is 0 Å². The fourth-order valence-corrected chi connectivity index (χ4v) is 4.59. The predicted octanol–water partition coefficient (Wildman–Crippen LogP) is 4.41. The molecule has 2 N–H and O–H groups in total. The lowest BCUT2D eigenvalue weighted by Crippen LogP contribution is -2.30. The predicted molar refractivity (Wildman–Crippen MR) is 127 cm³/mol. The van der Waals surface area contributed by atoms with Gasteiger partial charge in [-0.15, -0.1) is 0 Å². The number of aryl methyl sites for hydroxylation is 2. The third-order valence-electron chi connectivity index (χ3n) is 6.28. The molecule has 7 heteroatoms. The van der Waals surface area contributed by atoms with E-state index in [-0.39, 0.29) is 23.6 Å². The van der Waals surface area contributed by atoms with E-state index in [1.165, 1.54) is 20.1 Å². The molecular weight excluding hydrogens is 423 g/mol. The van der Waals surface area contributed by atoms with E-state index in [2.05, 4.69) is 4.98 Å². The number of carbonyl (C=O) groups excluding carboxylic acids is 1. The molecule has 1 atom stereocenters. The van der Waals surface area contributed by atoms with Crippen LogP contribution >= 0.6 is 0 Å². The minimum Gasteiger partial charge on any atom is -0.380 e. The monoisotopic (exact) mass is 454 g/mol. The summed E-state index contributed by atoms with van der Waals surface area (Å²) < 4.78 is 19.7. The van der Waals surface area contributed by atoms with Crippen LogP contribution < -0.4 is 5.56 Å². The molecule has 1 aromatic carbocycles. The van der Waals surface area contributed by atoms with Crippen molar-refractivity contribution in [2.75, 3.05) is 7.11 Å². The maximum Gasteiger partial charge on any atom is 0.254 e. The summed E-state index contributed by atoms with van der Waals surface area (Å²) in [5.74, 6) is -0.300. The van der Waals surface area contributed by atoms with Gasteiger partial charge in [0.05, 0.1) is 23.5 Å². The minimum atomic E-state index is -1.87. The summed E-state index contributed by atoms with van der Waals surface area (Å²) in [6, 6.07) is 3.00. The van der Waals surface area contributed by atoms with E-state index in [0.717, 1.165) is 41.3 Å². The Morgan fingerprint density at radius 1 is 1.21 bits per heavy atom. The Hall–Kier alpha value is -2.90. The zero-order valence-electron chi connectivity index (χ0n) is 20.1. The van der Waals surface area contributed by atoms with Gasteiger partial charge in [0.15, 0.2) is 6.29 Å². The summed E-state index contributed by atoms with van der Waals surface area (Å²) in [7, 11) is 1.43. The number of nitrogens with one attached hydrogen (secondary N) is 1. The van der Waals surface area contributed by atoms with Crippen molar-refractivity contribution < 1.29 is 19.0 Å². The van der Waals surface area contributed by atoms with Gasteiger partial charge in [0.1, 0.15) is 11.4 Å². The van der Waals surface area contributed by atoms with Gasteiger partial charge in [0.2, 0.25) is 0 Å². The number of methoxy groups -OCH3 is 1. The molecule has 0 fully saturated rings. The van der Waals surface area contributed by atoms with E-state index < -0.39 is 11.2 Å². The second kappa shape index (κ2) is 9.53. The van der Waals surface area contributed by atoms with Crippen molar-refractivity contribution in [2.24, 2.45) is 0 Å². The molecule has 0 unspecified atom stereocenters. The number of hydrogen-bond acceptors (Lipinski definition) is 5. The first-order valence-corrected chi connectivity index (χ1v) is 11.3. The van der Waals surface area contributed by atoms with E-state index in [0.29, 0.717) is 28.8 Å². The van der Waals surface area contributed by atoms with Crippen LogP contribution in [0.2, 0.25) is 0 Å². The Labute approximate surface area is 192 Å². The van der Waals surface area contributed by atoms with Gasteiger partial charge in [-0.25, -0.2) is 9.37 Å². The summed E-state index contributed by atoms with van der Waals surface area (Å²) in [6.07, 6.45) is 2.94. The fourth-order valence-electron chi connectivity index (χ4n) is 4.59. The Morgan fingerprint density at radius 3 is 2.45 bits per heavy atom. The minimum absolute atomic E-state index is 0.0574. The van der Waals surface area contributed by atoms with Gasteiger partial charge in [-0.05, 0) is 68.4 Å². The highest BCUT2D eigenvalue weighted by molar-refractivity contribution is 5.91. The molecule has 0 amide bonds. The van der Waals surface area contributed by atoms with Crippen LogP contribution in [0.3, 0.4) is 0 Å². The van der Waals surface area contributed by atoms with Crippen molar-refractivity contribution in [3.8, 4) is 11.4 Å². The molecule has 0 spiro atoms. The molecule has 0 bridgehead atoms. The third kappa shape index (κ3) is 4.23. The molecule has 1 aliphatic carbocycles. The van der Waals surface area contributed by atoms with Crippen LogP contribution in [0, 0.1) is 19.7 Å². The maximum absolute atomic E-state index is 14.6. The van der Waals surface area contributed by atoms with Gasteiger partial charge >= 0.3 is 0 Å². The maximum atomic E-state index is 14.6. The Balaban J connectivity index is 0.00000149. The molecule has 0 radical (unpaired) electrons. The summed E-state index contributed by atoms with van der Waals surface area (Å²) in [4.78, 5) is 31.9. The lowest BCUT2D eigenvalue weighted by molar-refractivity contribution is -0.123. The number of nitrogens with zero attached hydrogens (tertiary/aromatic N) is 1. The quantitative estimate of drug-likeness (QED) is 0.557. The van der Waals surface area contributed by atoms with E-state index in [4.69, 9.17) is 9.72 Å². The molecule has 6 nitrogen and oxygen atoms in total. The zero-order valence-corrected chi connectivity index (χ0v) is 20.1. The molecule has 2 aromatic heterocycles. The van der Waals surface area contributed by atoms with Gasteiger partial charge in [-0.1, -0.05) is 13.8 Å². The number of halogens is 1. The summed E-state index contributed by atoms with van der Waals surface area (Å²) in [6.45, 7) is 9.00. The number of hydrogen-bond donors (Lipinski definition) is 2. The van der Waals surface area contributed by atoms with Gasteiger partial charge in [-0.2, -0.15) is 0 Å². The van der Waals surface area contributed by atoms with Crippen molar-refractivity contribution in [3.63, 3.8) is 0 Å². The van der Waals surface area contributed by atoms with E-state index >= 15 is 0 Å². The molecule has 0 aliphatic heterocycles.